The molecule has 0 radical (unpaired) electrons. The second-order valence-electron chi connectivity index (χ2n) is 7.76. The summed E-state index contributed by atoms with van der Waals surface area (Å²) in [5.41, 5.74) is 8.82. The molecule has 2 atom stereocenters. The molecule has 2 nitrogen and oxygen atoms in total. The molecule has 0 saturated carbocycles. The predicted octanol–water partition coefficient (Wildman–Crippen LogP) is 5.27. The molecule has 146 valence electrons. The maximum atomic E-state index is 9.83. The highest BCUT2D eigenvalue weighted by atomic mass is 16.3. The summed E-state index contributed by atoms with van der Waals surface area (Å²) in [6.07, 6.45) is 5.70. The average molecular weight is 382 g/mol. The van der Waals surface area contributed by atoms with Gasteiger partial charge in [0.1, 0.15) is 0 Å². The summed E-state index contributed by atoms with van der Waals surface area (Å²) < 4.78 is 0. The van der Waals surface area contributed by atoms with Crippen molar-refractivity contribution in [1.82, 2.24) is 0 Å². The highest BCUT2D eigenvalue weighted by Crippen LogP contribution is 2.19. The van der Waals surface area contributed by atoms with Crippen LogP contribution in [-0.2, 0) is 12.8 Å². The minimum atomic E-state index is -0.0678. The summed E-state index contributed by atoms with van der Waals surface area (Å²) >= 11 is 0. The van der Waals surface area contributed by atoms with Crippen LogP contribution in [0.3, 0.4) is 0 Å². The van der Waals surface area contributed by atoms with E-state index in [4.69, 9.17) is 5.73 Å². The maximum Gasteiger partial charge on any atom is 0.0497 e. The third-order valence-electron chi connectivity index (χ3n) is 5.46. The van der Waals surface area contributed by atoms with E-state index >= 15 is 0 Å². The summed E-state index contributed by atoms with van der Waals surface area (Å²) in [5, 5.41) is 14.8. The lowest BCUT2D eigenvalue weighted by atomic mass is 9.96. The van der Waals surface area contributed by atoms with E-state index in [2.05, 4.69) is 91.0 Å². The Bertz CT molecular complexity index is 1130. The molecule has 0 aliphatic rings. The molecule has 2 unspecified atom stereocenters. The first kappa shape index (κ1) is 19.4. The first-order valence-corrected chi connectivity index (χ1v) is 10.2. The van der Waals surface area contributed by atoms with Crippen LogP contribution in [0.1, 0.15) is 11.1 Å². The van der Waals surface area contributed by atoms with Crippen LogP contribution in [0, 0.1) is 5.92 Å². The smallest absolute Gasteiger partial charge is 0.0497 e. The van der Waals surface area contributed by atoms with Crippen LogP contribution in [0.2, 0.25) is 0 Å². The van der Waals surface area contributed by atoms with Crippen LogP contribution in [0.5, 0.6) is 0 Å². The maximum absolute atomic E-state index is 9.83. The fourth-order valence-corrected chi connectivity index (χ4v) is 3.87. The summed E-state index contributed by atoms with van der Waals surface area (Å²) in [7, 11) is 0. The summed E-state index contributed by atoms with van der Waals surface area (Å²) in [5.74, 6) is 0.0683. The third kappa shape index (κ3) is 4.92. The Labute approximate surface area is 172 Å². The molecular weight excluding hydrogens is 354 g/mol. The van der Waals surface area contributed by atoms with Gasteiger partial charge in [-0.25, -0.2) is 0 Å². The molecule has 2 heteroatoms. The first-order valence-electron chi connectivity index (χ1n) is 10.2. The van der Waals surface area contributed by atoms with Crippen molar-refractivity contribution in [1.29, 1.82) is 0 Å². The molecule has 4 rings (SSSR count). The lowest BCUT2D eigenvalue weighted by Crippen LogP contribution is -2.20. The topological polar surface area (TPSA) is 46.2 Å². The molecule has 0 aliphatic heterocycles. The summed E-state index contributed by atoms with van der Waals surface area (Å²) in [4.78, 5) is 0. The van der Waals surface area contributed by atoms with Gasteiger partial charge in [0.25, 0.3) is 0 Å². The number of hydrogen-bond donors (Lipinski definition) is 2. The van der Waals surface area contributed by atoms with E-state index in [9.17, 15) is 5.11 Å². The number of rotatable bonds is 7. The second-order valence-corrected chi connectivity index (χ2v) is 7.76. The van der Waals surface area contributed by atoms with Crippen molar-refractivity contribution < 1.29 is 5.11 Å². The van der Waals surface area contributed by atoms with Crippen molar-refractivity contribution >= 4 is 21.5 Å². The van der Waals surface area contributed by atoms with Gasteiger partial charge in [-0.1, -0.05) is 97.1 Å². The molecule has 0 aromatic heterocycles. The van der Waals surface area contributed by atoms with Crippen LogP contribution >= 0.6 is 0 Å². The van der Waals surface area contributed by atoms with Gasteiger partial charge in [-0.3, -0.25) is 0 Å². The minimum absolute atomic E-state index is 0.0678. The average Bonchev–Trinajstić information content (AvgIpc) is 2.76. The quantitative estimate of drug-likeness (QED) is 0.428. The number of benzene rings is 4. The van der Waals surface area contributed by atoms with Crippen LogP contribution in [-0.4, -0.2) is 17.8 Å². The van der Waals surface area contributed by atoms with Gasteiger partial charge in [0.05, 0.1) is 0 Å². The highest BCUT2D eigenvalue weighted by Gasteiger charge is 2.08. The minimum Gasteiger partial charge on any atom is -0.396 e. The van der Waals surface area contributed by atoms with Gasteiger partial charge in [-0.05, 0) is 45.5 Å². The van der Waals surface area contributed by atoms with Gasteiger partial charge >= 0.3 is 0 Å². The zero-order valence-corrected chi connectivity index (χ0v) is 16.5. The molecule has 4 aromatic carbocycles. The van der Waals surface area contributed by atoms with Gasteiger partial charge in [-0.15, -0.1) is 0 Å². The van der Waals surface area contributed by atoms with E-state index in [1.165, 1.54) is 32.7 Å². The van der Waals surface area contributed by atoms with E-state index in [1.807, 2.05) is 6.08 Å². The molecule has 4 aromatic rings. The lowest BCUT2D eigenvalue weighted by Gasteiger charge is -2.13. The van der Waals surface area contributed by atoms with E-state index in [-0.39, 0.29) is 18.6 Å². The Kier molecular flexibility index (Phi) is 6.04. The lowest BCUT2D eigenvalue weighted by molar-refractivity contribution is 0.252. The van der Waals surface area contributed by atoms with Crippen molar-refractivity contribution in [3.8, 4) is 0 Å². The molecule has 3 N–H and O–H groups in total. The van der Waals surface area contributed by atoms with Gasteiger partial charge in [-0.2, -0.15) is 0 Å². The Balaban J connectivity index is 1.40. The summed E-state index contributed by atoms with van der Waals surface area (Å²) in [6.45, 7) is 0.117. The molecule has 0 heterocycles. The Morgan fingerprint density at radius 1 is 0.655 bits per heavy atom. The van der Waals surface area contributed by atoms with Crippen LogP contribution in [0.15, 0.2) is 97.1 Å². The van der Waals surface area contributed by atoms with Gasteiger partial charge in [0.2, 0.25) is 0 Å². The fraction of sp³-hybridized carbons (Fsp3) is 0.185. The number of hydrogen-bond acceptors (Lipinski definition) is 2. The van der Waals surface area contributed by atoms with Crippen LogP contribution < -0.4 is 5.73 Å². The zero-order valence-electron chi connectivity index (χ0n) is 16.5. The van der Waals surface area contributed by atoms with E-state index in [0.29, 0.717) is 0 Å². The Hall–Kier alpha value is -2.94. The normalized spacial score (nSPS) is 13.9. The monoisotopic (exact) mass is 381 g/mol. The van der Waals surface area contributed by atoms with Gasteiger partial charge < -0.3 is 10.8 Å². The van der Waals surface area contributed by atoms with E-state index < -0.39 is 0 Å². The fourth-order valence-electron chi connectivity index (χ4n) is 3.87. The van der Waals surface area contributed by atoms with E-state index in [0.717, 1.165) is 12.8 Å². The number of aliphatic hydroxyl groups is 1. The second kappa shape index (κ2) is 9.04. The molecule has 29 heavy (non-hydrogen) atoms. The number of fused-ring (bicyclic) bond motifs is 2. The first-order chi connectivity index (χ1) is 14.2. The third-order valence-corrected chi connectivity index (χ3v) is 5.46. The van der Waals surface area contributed by atoms with Crippen molar-refractivity contribution in [3.05, 3.63) is 108 Å². The molecule has 0 amide bonds. The highest BCUT2D eigenvalue weighted by molar-refractivity contribution is 5.83. The van der Waals surface area contributed by atoms with Crippen LogP contribution in [0.4, 0.5) is 0 Å². The molecular formula is C27H27NO. The molecule has 0 fully saturated rings. The summed E-state index contributed by atoms with van der Waals surface area (Å²) in [6, 6.07) is 29.7. The van der Waals surface area contributed by atoms with E-state index in [1.54, 1.807) is 0 Å². The van der Waals surface area contributed by atoms with Crippen molar-refractivity contribution in [3.63, 3.8) is 0 Å². The number of aliphatic hydroxyl groups excluding tert-OH is 1. The Morgan fingerprint density at radius 2 is 1.17 bits per heavy atom. The standard InChI is InChI=1S/C27H27NO/c28-27(18-21-10-13-24-6-2-4-8-26(24)17-21)14-11-22(19-29)15-20-9-12-23-5-1-3-7-25(23)16-20/h1-14,16-17,22,27,29H,15,18-19,28H2/b14-11+. The van der Waals surface area contributed by atoms with Crippen molar-refractivity contribution in [2.24, 2.45) is 11.7 Å². The Morgan fingerprint density at radius 3 is 1.72 bits per heavy atom. The van der Waals surface area contributed by atoms with Crippen molar-refractivity contribution in [2.45, 2.75) is 18.9 Å². The van der Waals surface area contributed by atoms with Gasteiger partial charge in [0.15, 0.2) is 0 Å². The van der Waals surface area contributed by atoms with Gasteiger partial charge in [0, 0.05) is 18.6 Å². The van der Waals surface area contributed by atoms with Crippen molar-refractivity contribution in [2.75, 3.05) is 6.61 Å². The predicted molar refractivity (Wildman–Crippen MR) is 123 cm³/mol. The molecule has 0 saturated heterocycles. The molecule has 0 aliphatic carbocycles. The largest absolute Gasteiger partial charge is 0.396 e. The number of nitrogens with two attached hydrogens (primary N) is 1. The van der Waals surface area contributed by atoms with Crippen LogP contribution in [0.25, 0.3) is 21.5 Å². The zero-order chi connectivity index (χ0) is 20.1. The SMILES string of the molecule is NC(/C=C/C(CO)Cc1ccc2ccccc2c1)Cc1ccc2ccccc2c1. The molecule has 0 spiro atoms. The molecule has 0 bridgehead atoms.